The molecule has 4 rings (SSSR count). The van der Waals surface area contributed by atoms with Gasteiger partial charge in [0, 0.05) is 35.1 Å². The summed E-state index contributed by atoms with van der Waals surface area (Å²) in [4.78, 5) is 20.6. The number of benzene rings is 2. The van der Waals surface area contributed by atoms with E-state index in [4.69, 9.17) is 9.72 Å². The maximum absolute atomic E-state index is 13.1. The summed E-state index contributed by atoms with van der Waals surface area (Å²) in [7, 11) is 0. The van der Waals surface area contributed by atoms with Crippen molar-refractivity contribution in [3.05, 3.63) is 71.4 Å². The number of ether oxygens (including phenoxy) is 1. The summed E-state index contributed by atoms with van der Waals surface area (Å²) in [6.45, 7) is 7.30. The molecule has 5 nitrogen and oxygen atoms in total. The Bertz CT molecular complexity index is 1160. The molecule has 0 bridgehead atoms. The first-order valence-corrected chi connectivity index (χ1v) is 11.0. The van der Waals surface area contributed by atoms with Gasteiger partial charge >= 0.3 is 0 Å². The van der Waals surface area contributed by atoms with Crippen LogP contribution in [0.25, 0.3) is 16.2 Å². The van der Waals surface area contributed by atoms with Crippen LogP contribution in [0.1, 0.15) is 25.1 Å². The van der Waals surface area contributed by atoms with Gasteiger partial charge in [0.05, 0.1) is 18.7 Å². The Morgan fingerprint density at radius 3 is 2.60 bits per heavy atom. The molecular formula is C24H25N3O2S. The number of hydrogen-bond donors (Lipinski definition) is 0. The summed E-state index contributed by atoms with van der Waals surface area (Å²) >= 11 is 1.56. The number of aryl methyl sites for hydroxylation is 1. The molecule has 0 aliphatic rings. The average molecular weight is 420 g/mol. The number of nitrogens with zero attached hydrogens (tertiary/aromatic N) is 3. The van der Waals surface area contributed by atoms with Crippen LogP contribution in [0.3, 0.4) is 0 Å². The summed E-state index contributed by atoms with van der Waals surface area (Å²) < 4.78 is 7.54. The normalized spacial score (nSPS) is 11.0. The van der Waals surface area contributed by atoms with E-state index in [9.17, 15) is 4.79 Å². The lowest BCUT2D eigenvalue weighted by Gasteiger charge is -2.22. The second kappa shape index (κ2) is 8.71. The number of likely N-dealkylation sites (N-methyl/N-ethyl adjacent to an activating group) is 1. The second-order valence-corrected chi connectivity index (χ2v) is 7.90. The highest BCUT2D eigenvalue weighted by molar-refractivity contribution is 7.15. The fourth-order valence-electron chi connectivity index (χ4n) is 3.58. The molecule has 0 N–H and O–H groups in total. The van der Waals surface area contributed by atoms with Gasteiger partial charge in [-0.2, -0.15) is 0 Å². The number of thiazole rings is 1. The van der Waals surface area contributed by atoms with Gasteiger partial charge in [0.25, 0.3) is 0 Å². The SMILES string of the molecule is CCOc1ccc(-c2cn3c(CC(=O)N(CC)c4ccccc4C)csc3n2)cc1. The van der Waals surface area contributed by atoms with Crippen LogP contribution in [0.4, 0.5) is 5.69 Å². The Morgan fingerprint density at radius 2 is 1.90 bits per heavy atom. The number of aromatic nitrogens is 2. The first kappa shape index (κ1) is 20.2. The van der Waals surface area contributed by atoms with Crippen LogP contribution in [0.2, 0.25) is 0 Å². The third-order valence-electron chi connectivity index (χ3n) is 5.10. The molecule has 0 radical (unpaired) electrons. The van der Waals surface area contributed by atoms with Crippen LogP contribution < -0.4 is 9.64 Å². The predicted molar refractivity (Wildman–Crippen MR) is 123 cm³/mol. The van der Waals surface area contributed by atoms with E-state index >= 15 is 0 Å². The van der Waals surface area contributed by atoms with Crippen molar-refractivity contribution in [3.63, 3.8) is 0 Å². The maximum atomic E-state index is 13.1. The highest BCUT2D eigenvalue weighted by Gasteiger charge is 2.19. The third-order valence-corrected chi connectivity index (χ3v) is 5.99. The van der Waals surface area contributed by atoms with Gasteiger partial charge in [-0.1, -0.05) is 18.2 Å². The fraction of sp³-hybridized carbons (Fsp3) is 0.250. The summed E-state index contributed by atoms with van der Waals surface area (Å²) in [5.74, 6) is 0.937. The van der Waals surface area contributed by atoms with Crippen molar-refractivity contribution in [3.8, 4) is 17.0 Å². The Kier molecular flexibility index (Phi) is 5.86. The number of hydrogen-bond acceptors (Lipinski definition) is 4. The predicted octanol–water partition coefficient (Wildman–Crippen LogP) is 5.37. The second-order valence-electron chi connectivity index (χ2n) is 7.06. The molecule has 30 heavy (non-hydrogen) atoms. The minimum Gasteiger partial charge on any atom is -0.494 e. The Morgan fingerprint density at radius 1 is 1.13 bits per heavy atom. The molecule has 2 aromatic heterocycles. The average Bonchev–Trinajstić information content (AvgIpc) is 3.33. The molecule has 154 valence electrons. The first-order valence-electron chi connectivity index (χ1n) is 10.2. The van der Waals surface area contributed by atoms with Crippen LogP contribution in [-0.2, 0) is 11.2 Å². The lowest BCUT2D eigenvalue weighted by Crippen LogP contribution is -2.32. The van der Waals surface area contributed by atoms with E-state index in [2.05, 4.69) is 0 Å². The number of para-hydroxylation sites is 1. The topological polar surface area (TPSA) is 46.8 Å². The van der Waals surface area contributed by atoms with Crippen LogP contribution >= 0.6 is 11.3 Å². The van der Waals surface area contributed by atoms with Crippen LogP contribution in [-0.4, -0.2) is 28.4 Å². The molecule has 0 fully saturated rings. The maximum Gasteiger partial charge on any atom is 0.232 e. The largest absolute Gasteiger partial charge is 0.494 e. The van der Waals surface area contributed by atoms with E-state index in [1.54, 1.807) is 11.3 Å². The molecule has 0 aliphatic heterocycles. The lowest BCUT2D eigenvalue weighted by molar-refractivity contribution is -0.118. The van der Waals surface area contributed by atoms with Gasteiger partial charge in [0.2, 0.25) is 5.91 Å². The fourth-order valence-corrected chi connectivity index (χ4v) is 4.45. The van der Waals surface area contributed by atoms with Crippen molar-refractivity contribution in [2.75, 3.05) is 18.1 Å². The molecule has 0 atom stereocenters. The molecule has 0 spiro atoms. The van der Waals surface area contributed by atoms with Crippen molar-refractivity contribution >= 4 is 27.9 Å². The highest BCUT2D eigenvalue weighted by atomic mass is 32.1. The number of anilines is 1. The zero-order valence-electron chi connectivity index (χ0n) is 17.5. The third kappa shape index (κ3) is 3.96. The van der Waals surface area contributed by atoms with E-state index in [1.165, 1.54) is 0 Å². The zero-order chi connectivity index (χ0) is 21.1. The molecular weight excluding hydrogens is 394 g/mol. The van der Waals surface area contributed by atoms with Crippen molar-refractivity contribution in [2.24, 2.45) is 0 Å². The van der Waals surface area contributed by atoms with E-state index in [-0.39, 0.29) is 5.91 Å². The van der Waals surface area contributed by atoms with Gasteiger partial charge in [-0.3, -0.25) is 9.20 Å². The van der Waals surface area contributed by atoms with Crippen LogP contribution in [0.15, 0.2) is 60.1 Å². The highest BCUT2D eigenvalue weighted by Crippen LogP contribution is 2.26. The summed E-state index contributed by atoms with van der Waals surface area (Å²) in [6.07, 6.45) is 2.34. The van der Waals surface area contributed by atoms with Crippen molar-refractivity contribution in [1.82, 2.24) is 9.38 Å². The number of fused-ring (bicyclic) bond motifs is 1. The van der Waals surface area contributed by atoms with E-state index in [0.29, 0.717) is 19.6 Å². The number of rotatable bonds is 7. The lowest BCUT2D eigenvalue weighted by atomic mass is 10.1. The molecule has 6 heteroatoms. The van der Waals surface area contributed by atoms with Gasteiger partial charge in [-0.25, -0.2) is 4.98 Å². The Labute approximate surface area is 180 Å². The molecule has 4 aromatic rings. The Balaban J connectivity index is 1.58. The molecule has 2 heterocycles. The standard InChI is InChI=1S/C24H25N3O2S/c1-4-26(22-9-7-6-8-17(22)3)23(28)14-19-16-30-24-25-21(15-27(19)24)18-10-12-20(13-11-18)29-5-2/h6-13,15-16H,4-5,14H2,1-3H3. The number of amides is 1. The minimum atomic E-state index is 0.0859. The summed E-state index contributed by atoms with van der Waals surface area (Å²) in [6, 6.07) is 15.9. The van der Waals surface area contributed by atoms with Crippen LogP contribution in [0, 0.1) is 6.92 Å². The first-order chi connectivity index (χ1) is 14.6. The van der Waals surface area contributed by atoms with Crippen molar-refractivity contribution in [1.29, 1.82) is 0 Å². The quantitative estimate of drug-likeness (QED) is 0.405. The zero-order valence-corrected chi connectivity index (χ0v) is 18.3. The molecule has 0 unspecified atom stereocenters. The van der Waals surface area contributed by atoms with Crippen molar-refractivity contribution in [2.45, 2.75) is 27.2 Å². The molecule has 0 saturated heterocycles. The molecule has 0 saturated carbocycles. The van der Waals surface area contributed by atoms with Gasteiger partial charge in [-0.05, 0) is 56.7 Å². The minimum absolute atomic E-state index is 0.0859. The van der Waals surface area contributed by atoms with Gasteiger partial charge in [0.1, 0.15) is 5.75 Å². The van der Waals surface area contributed by atoms with E-state index < -0.39 is 0 Å². The van der Waals surface area contributed by atoms with Crippen molar-refractivity contribution < 1.29 is 9.53 Å². The van der Waals surface area contributed by atoms with Gasteiger partial charge in [-0.15, -0.1) is 11.3 Å². The molecule has 2 aromatic carbocycles. The molecule has 1 amide bonds. The number of imidazole rings is 1. The van der Waals surface area contributed by atoms with Gasteiger partial charge < -0.3 is 9.64 Å². The van der Waals surface area contributed by atoms with E-state index in [1.807, 2.05) is 90.2 Å². The van der Waals surface area contributed by atoms with Gasteiger partial charge in [0.15, 0.2) is 4.96 Å². The number of carbonyl (C=O) groups is 1. The van der Waals surface area contributed by atoms with E-state index in [0.717, 1.165) is 38.9 Å². The van der Waals surface area contributed by atoms with Crippen LogP contribution in [0.5, 0.6) is 5.75 Å². The summed E-state index contributed by atoms with van der Waals surface area (Å²) in [5.41, 5.74) is 4.95. The Hall–Kier alpha value is -3.12. The molecule has 0 aliphatic carbocycles. The summed E-state index contributed by atoms with van der Waals surface area (Å²) in [5, 5.41) is 2.02. The number of carbonyl (C=O) groups excluding carboxylic acids is 1. The monoisotopic (exact) mass is 419 g/mol. The smallest absolute Gasteiger partial charge is 0.232 e.